The summed E-state index contributed by atoms with van der Waals surface area (Å²) in [6.45, 7) is 1.45. The van der Waals surface area contributed by atoms with Crippen LogP contribution in [0.25, 0.3) is 0 Å². The maximum atomic E-state index is 11.9. The summed E-state index contributed by atoms with van der Waals surface area (Å²) in [5, 5.41) is 3.26. The predicted octanol–water partition coefficient (Wildman–Crippen LogP) is 3.45. The van der Waals surface area contributed by atoms with Crippen LogP contribution in [-0.4, -0.2) is 25.6 Å². The largest absolute Gasteiger partial charge is 0.497 e. The molecule has 0 radical (unpaired) electrons. The van der Waals surface area contributed by atoms with Gasteiger partial charge < -0.3 is 14.8 Å². The lowest BCUT2D eigenvalue weighted by atomic mass is 10.2. The smallest absolute Gasteiger partial charge is 0.338 e. The number of aryl methyl sites for hydroxylation is 1. The molecule has 0 heterocycles. The zero-order valence-electron chi connectivity index (χ0n) is 12.8. The van der Waals surface area contributed by atoms with E-state index in [-0.39, 0.29) is 6.61 Å². The third kappa shape index (κ3) is 4.72. The molecule has 2 rings (SSSR count). The van der Waals surface area contributed by atoms with Gasteiger partial charge in [0.1, 0.15) is 5.75 Å². The van der Waals surface area contributed by atoms with E-state index in [1.165, 1.54) is 7.11 Å². The average molecular weight is 334 g/mol. The van der Waals surface area contributed by atoms with Crippen molar-refractivity contribution in [3.05, 3.63) is 58.6 Å². The molecule has 0 atom stereocenters. The second-order valence-corrected chi connectivity index (χ2v) is 5.25. The third-order valence-electron chi connectivity index (χ3n) is 3.10. The summed E-state index contributed by atoms with van der Waals surface area (Å²) in [5.74, 6) is -0.473. The Labute approximate surface area is 139 Å². The molecular formula is C17H16ClNO4. The van der Waals surface area contributed by atoms with E-state index in [1.54, 1.807) is 42.5 Å². The molecule has 5 nitrogen and oxygen atoms in total. The van der Waals surface area contributed by atoms with Crippen LogP contribution in [0.1, 0.15) is 15.9 Å². The number of carbonyl (C=O) groups excluding carboxylic acids is 2. The van der Waals surface area contributed by atoms with Crippen LogP contribution in [0, 0.1) is 6.92 Å². The van der Waals surface area contributed by atoms with Gasteiger partial charge in [0, 0.05) is 10.7 Å². The lowest BCUT2D eigenvalue weighted by Gasteiger charge is -2.09. The van der Waals surface area contributed by atoms with Gasteiger partial charge in [-0.05, 0) is 48.9 Å². The second-order valence-electron chi connectivity index (χ2n) is 4.82. The molecule has 6 heteroatoms. The second kappa shape index (κ2) is 7.65. The Hall–Kier alpha value is -2.53. The first-order chi connectivity index (χ1) is 11.0. The molecule has 0 spiro atoms. The van der Waals surface area contributed by atoms with Crippen LogP contribution >= 0.6 is 11.6 Å². The van der Waals surface area contributed by atoms with Gasteiger partial charge in [-0.25, -0.2) is 4.79 Å². The van der Waals surface area contributed by atoms with Crippen molar-refractivity contribution in [1.82, 2.24) is 0 Å². The highest BCUT2D eigenvalue weighted by molar-refractivity contribution is 6.30. The highest BCUT2D eigenvalue weighted by atomic mass is 35.5. The number of hydrogen-bond donors (Lipinski definition) is 1. The van der Waals surface area contributed by atoms with Crippen LogP contribution in [0.4, 0.5) is 5.69 Å². The van der Waals surface area contributed by atoms with E-state index >= 15 is 0 Å². The fourth-order valence-corrected chi connectivity index (χ4v) is 2.14. The first kappa shape index (κ1) is 16.8. The van der Waals surface area contributed by atoms with Crippen molar-refractivity contribution < 1.29 is 19.1 Å². The number of nitrogens with one attached hydrogen (secondary N) is 1. The molecule has 0 aliphatic heterocycles. The number of ether oxygens (including phenoxy) is 2. The molecule has 0 aliphatic carbocycles. The number of hydrogen-bond acceptors (Lipinski definition) is 4. The maximum absolute atomic E-state index is 11.9. The maximum Gasteiger partial charge on any atom is 0.338 e. The van der Waals surface area contributed by atoms with Crippen LogP contribution in [0.5, 0.6) is 5.75 Å². The van der Waals surface area contributed by atoms with Gasteiger partial charge in [-0.1, -0.05) is 17.7 Å². The molecule has 0 fully saturated rings. The summed E-state index contributed by atoms with van der Waals surface area (Å²) < 4.78 is 10.0. The molecule has 2 aromatic carbocycles. The van der Waals surface area contributed by atoms with Crippen LogP contribution in [0.2, 0.25) is 5.02 Å². The fraction of sp³-hybridized carbons (Fsp3) is 0.176. The number of halogens is 1. The lowest BCUT2D eigenvalue weighted by Crippen LogP contribution is -2.21. The molecule has 0 aliphatic rings. The number of carbonyl (C=O) groups is 2. The van der Waals surface area contributed by atoms with Gasteiger partial charge in [0.25, 0.3) is 5.91 Å². The zero-order chi connectivity index (χ0) is 16.8. The minimum atomic E-state index is -0.591. The van der Waals surface area contributed by atoms with Crippen molar-refractivity contribution in [1.29, 1.82) is 0 Å². The molecule has 0 saturated carbocycles. The summed E-state index contributed by atoms with van der Waals surface area (Å²) in [6, 6.07) is 11.6. The number of rotatable bonds is 5. The summed E-state index contributed by atoms with van der Waals surface area (Å²) >= 11 is 5.86. The SMILES string of the molecule is COc1cccc(C(=O)OCC(=O)Nc2ccc(Cl)cc2C)c1. The molecule has 1 amide bonds. The van der Waals surface area contributed by atoms with Crippen LogP contribution < -0.4 is 10.1 Å². The van der Waals surface area contributed by atoms with Crippen molar-refractivity contribution in [2.75, 3.05) is 19.0 Å². The van der Waals surface area contributed by atoms with Gasteiger partial charge >= 0.3 is 5.97 Å². The predicted molar refractivity (Wildman–Crippen MR) is 88.1 cm³/mol. The van der Waals surface area contributed by atoms with Crippen LogP contribution in [-0.2, 0) is 9.53 Å². The highest BCUT2D eigenvalue weighted by Gasteiger charge is 2.12. The number of methoxy groups -OCH3 is 1. The molecule has 2 aromatic rings. The Morgan fingerprint density at radius 2 is 1.96 bits per heavy atom. The molecule has 120 valence electrons. The van der Waals surface area contributed by atoms with Gasteiger partial charge in [-0.3, -0.25) is 4.79 Å². The molecule has 0 unspecified atom stereocenters. The molecule has 0 saturated heterocycles. The van der Waals surface area contributed by atoms with E-state index in [4.69, 9.17) is 21.1 Å². The quantitative estimate of drug-likeness (QED) is 0.851. The van der Waals surface area contributed by atoms with Crippen molar-refractivity contribution in [3.63, 3.8) is 0 Å². The number of amides is 1. The van der Waals surface area contributed by atoms with Crippen LogP contribution in [0.15, 0.2) is 42.5 Å². The summed E-state index contributed by atoms with van der Waals surface area (Å²) in [6.07, 6.45) is 0. The fourth-order valence-electron chi connectivity index (χ4n) is 1.92. The van der Waals surface area contributed by atoms with Crippen molar-refractivity contribution in [2.24, 2.45) is 0 Å². The lowest BCUT2D eigenvalue weighted by molar-refractivity contribution is -0.119. The van der Waals surface area contributed by atoms with E-state index in [1.807, 2.05) is 6.92 Å². The van der Waals surface area contributed by atoms with Gasteiger partial charge in [0.05, 0.1) is 12.7 Å². The van der Waals surface area contributed by atoms with Crippen molar-refractivity contribution in [2.45, 2.75) is 6.92 Å². The molecule has 23 heavy (non-hydrogen) atoms. The molecule has 0 bridgehead atoms. The van der Waals surface area contributed by atoms with Gasteiger partial charge in [-0.15, -0.1) is 0 Å². The van der Waals surface area contributed by atoms with E-state index in [9.17, 15) is 9.59 Å². The Bertz CT molecular complexity index is 730. The Kier molecular flexibility index (Phi) is 5.60. The van der Waals surface area contributed by atoms with Gasteiger partial charge in [-0.2, -0.15) is 0 Å². The highest BCUT2D eigenvalue weighted by Crippen LogP contribution is 2.19. The van der Waals surface area contributed by atoms with Gasteiger partial charge in [0.2, 0.25) is 0 Å². The standard InChI is InChI=1S/C17H16ClNO4/c1-11-8-13(18)6-7-15(11)19-16(20)10-23-17(21)12-4-3-5-14(9-12)22-2/h3-9H,10H2,1-2H3,(H,19,20). The van der Waals surface area contributed by atoms with Crippen molar-refractivity contribution >= 4 is 29.2 Å². The Morgan fingerprint density at radius 3 is 2.65 bits per heavy atom. The van der Waals surface area contributed by atoms with E-state index < -0.39 is 11.9 Å². The normalized spacial score (nSPS) is 10.0. The van der Waals surface area contributed by atoms with Crippen LogP contribution in [0.3, 0.4) is 0 Å². The first-order valence-corrected chi connectivity index (χ1v) is 7.24. The molecular weight excluding hydrogens is 318 g/mol. The van der Waals surface area contributed by atoms with E-state index in [2.05, 4.69) is 5.32 Å². The molecule has 1 N–H and O–H groups in total. The van der Waals surface area contributed by atoms with Crippen molar-refractivity contribution in [3.8, 4) is 5.75 Å². The topological polar surface area (TPSA) is 64.6 Å². The first-order valence-electron chi connectivity index (χ1n) is 6.87. The Balaban J connectivity index is 1.92. The summed E-state index contributed by atoms with van der Waals surface area (Å²) in [4.78, 5) is 23.8. The minimum absolute atomic E-state index is 0.319. The minimum Gasteiger partial charge on any atom is -0.497 e. The van der Waals surface area contributed by atoms with E-state index in [0.717, 1.165) is 5.56 Å². The van der Waals surface area contributed by atoms with Gasteiger partial charge in [0.15, 0.2) is 6.61 Å². The molecule has 0 aromatic heterocycles. The summed E-state index contributed by atoms with van der Waals surface area (Å²) in [7, 11) is 1.51. The zero-order valence-corrected chi connectivity index (χ0v) is 13.5. The Morgan fingerprint density at radius 1 is 1.17 bits per heavy atom. The number of esters is 1. The number of anilines is 1. The van der Waals surface area contributed by atoms with E-state index in [0.29, 0.717) is 22.0 Å². The number of benzene rings is 2. The monoisotopic (exact) mass is 333 g/mol. The summed E-state index contributed by atoms with van der Waals surface area (Å²) in [5.41, 5.74) is 1.77. The average Bonchev–Trinajstić information content (AvgIpc) is 2.55. The third-order valence-corrected chi connectivity index (χ3v) is 3.34.